The number of ether oxygens (including phenoxy) is 2. The second-order valence-corrected chi connectivity index (χ2v) is 12.1. The highest BCUT2D eigenvalue weighted by atomic mass is 32.2. The number of benzene rings is 3. The quantitative estimate of drug-likeness (QED) is 0.375. The third kappa shape index (κ3) is 8.29. The fourth-order valence-corrected chi connectivity index (χ4v) is 6.25. The normalized spacial score (nSPS) is 16.8. The van der Waals surface area contributed by atoms with Gasteiger partial charge in [0.05, 0.1) is 19.0 Å². The van der Waals surface area contributed by atoms with E-state index >= 15 is 0 Å². The summed E-state index contributed by atoms with van der Waals surface area (Å²) in [5.41, 5.74) is 5.02. The Morgan fingerprint density at radius 3 is 2.21 bits per heavy atom. The van der Waals surface area contributed by atoms with Crippen LogP contribution >= 0.6 is 0 Å². The number of hydrogen-bond donors (Lipinski definition) is 1. The molecule has 0 bridgehead atoms. The first kappa shape index (κ1) is 27.6. The summed E-state index contributed by atoms with van der Waals surface area (Å²) < 4.78 is 39.7. The van der Waals surface area contributed by atoms with Crippen LogP contribution in [0.3, 0.4) is 0 Å². The van der Waals surface area contributed by atoms with Gasteiger partial charge in [0.25, 0.3) is 0 Å². The van der Waals surface area contributed by atoms with Gasteiger partial charge >= 0.3 is 0 Å². The van der Waals surface area contributed by atoms with Crippen molar-refractivity contribution in [2.45, 2.75) is 31.6 Å². The fraction of sp³-hybridized carbons (Fsp3) is 0.419. The van der Waals surface area contributed by atoms with Crippen molar-refractivity contribution in [2.24, 2.45) is 0 Å². The summed E-state index contributed by atoms with van der Waals surface area (Å²) in [6, 6.07) is 24.0. The molecule has 0 spiro atoms. The first-order valence-corrected chi connectivity index (χ1v) is 15.6. The van der Waals surface area contributed by atoms with Gasteiger partial charge in [-0.25, -0.2) is 13.1 Å². The zero-order valence-electron chi connectivity index (χ0n) is 22.6. The Morgan fingerprint density at radius 1 is 0.795 bits per heavy atom. The molecule has 7 nitrogen and oxygen atoms in total. The van der Waals surface area contributed by atoms with E-state index < -0.39 is 10.0 Å². The minimum atomic E-state index is -3.46. The third-order valence-electron chi connectivity index (χ3n) is 7.41. The molecule has 0 aromatic heterocycles. The molecule has 3 aromatic rings. The molecule has 3 aromatic carbocycles. The molecule has 5 rings (SSSR count). The van der Waals surface area contributed by atoms with Gasteiger partial charge in [-0.05, 0) is 65.8 Å². The van der Waals surface area contributed by atoms with Crippen LogP contribution in [0, 0.1) is 0 Å². The number of nitrogens with one attached hydrogen (secondary N) is 1. The van der Waals surface area contributed by atoms with Gasteiger partial charge in [0, 0.05) is 45.0 Å². The predicted octanol–water partition coefficient (Wildman–Crippen LogP) is 4.67. The molecule has 8 heteroatoms. The van der Waals surface area contributed by atoms with Gasteiger partial charge in [0.1, 0.15) is 12.4 Å². The lowest BCUT2D eigenvalue weighted by Gasteiger charge is -2.29. The highest BCUT2D eigenvalue weighted by molar-refractivity contribution is 7.88. The molecule has 1 N–H and O–H groups in total. The van der Waals surface area contributed by atoms with Crippen LogP contribution in [0.25, 0.3) is 11.1 Å². The van der Waals surface area contributed by atoms with Gasteiger partial charge in [-0.3, -0.25) is 4.90 Å². The summed E-state index contributed by atoms with van der Waals surface area (Å²) in [4.78, 5) is 4.74. The Balaban J connectivity index is 1.10. The fourth-order valence-electron chi connectivity index (χ4n) is 5.13. The molecule has 2 fully saturated rings. The maximum Gasteiger partial charge on any atom is 0.216 e. The molecule has 0 amide bonds. The van der Waals surface area contributed by atoms with Crippen molar-refractivity contribution in [2.75, 3.05) is 57.4 Å². The number of morpholine rings is 1. The lowest BCUT2D eigenvalue weighted by atomic mass is 10.0. The second-order valence-electron chi connectivity index (χ2n) is 10.3. The minimum Gasteiger partial charge on any atom is -0.492 e. The Bertz CT molecular complexity index is 1280. The SMILES string of the molecule is O=S(=O)(Cc1ccc(-c2ccc(OCCN3CCOCC3)cc2)cc1)NCc1cccc(N2CCCCC2)c1. The van der Waals surface area contributed by atoms with Gasteiger partial charge in [-0.2, -0.15) is 0 Å². The van der Waals surface area contributed by atoms with Gasteiger partial charge in [-0.15, -0.1) is 0 Å². The van der Waals surface area contributed by atoms with Crippen molar-refractivity contribution in [3.8, 4) is 16.9 Å². The molecule has 0 atom stereocenters. The topological polar surface area (TPSA) is 71.1 Å². The number of nitrogens with zero attached hydrogens (tertiary/aromatic N) is 2. The number of piperidine rings is 1. The summed E-state index contributed by atoms with van der Waals surface area (Å²) in [7, 11) is -3.46. The molecule has 0 saturated carbocycles. The van der Waals surface area contributed by atoms with Crippen LogP contribution in [0.15, 0.2) is 72.8 Å². The van der Waals surface area contributed by atoms with E-state index in [0.717, 1.165) is 73.9 Å². The largest absolute Gasteiger partial charge is 0.492 e. The molecule has 2 aliphatic rings. The van der Waals surface area contributed by atoms with Crippen LogP contribution in [-0.4, -0.2) is 65.9 Å². The summed E-state index contributed by atoms with van der Waals surface area (Å²) in [5, 5.41) is 0. The lowest BCUT2D eigenvalue weighted by Crippen LogP contribution is -2.38. The van der Waals surface area contributed by atoms with Crippen molar-refractivity contribution >= 4 is 15.7 Å². The van der Waals surface area contributed by atoms with Crippen molar-refractivity contribution in [1.29, 1.82) is 0 Å². The van der Waals surface area contributed by atoms with E-state index in [9.17, 15) is 8.42 Å². The molecule has 2 heterocycles. The van der Waals surface area contributed by atoms with Gasteiger partial charge in [0.15, 0.2) is 0 Å². The number of rotatable bonds is 11. The Labute approximate surface area is 232 Å². The van der Waals surface area contributed by atoms with Gasteiger partial charge < -0.3 is 14.4 Å². The number of anilines is 1. The van der Waals surface area contributed by atoms with E-state index in [1.807, 2.05) is 60.7 Å². The zero-order chi connectivity index (χ0) is 26.9. The Morgan fingerprint density at radius 2 is 1.49 bits per heavy atom. The smallest absolute Gasteiger partial charge is 0.216 e. The number of sulfonamides is 1. The summed E-state index contributed by atoms with van der Waals surface area (Å²) in [6.45, 7) is 7.49. The van der Waals surface area contributed by atoms with Crippen LogP contribution in [0.5, 0.6) is 5.75 Å². The highest BCUT2D eigenvalue weighted by Crippen LogP contribution is 2.24. The maximum absolute atomic E-state index is 12.8. The minimum absolute atomic E-state index is 0.0466. The summed E-state index contributed by atoms with van der Waals surface area (Å²) >= 11 is 0. The molecule has 2 saturated heterocycles. The Kier molecular flexibility index (Phi) is 9.53. The highest BCUT2D eigenvalue weighted by Gasteiger charge is 2.14. The summed E-state index contributed by atoms with van der Waals surface area (Å²) in [6.07, 6.45) is 3.71. The van der Waals surface area contributed by atoms with Crippen molar-refractivity contribution < 1.29 is 17.9 Å². The predicted molar refractivity (Wildman–Crippen MR) is 157 cm³/mol. The molecular weight excluding hydrogens is 510 g/mol. The van der Waals surface area contributed by atoms with E-state index in [4.69, 9.17) is 9.47 Å². The molecule has 0 aliphatic carbocycles. The van der Waals surface area contributed by atoms with E-state index in [0.29, 0.717) is 13.2 Å². The van der Waals surface area contributed by atoms with E-state index in [-0.39, 0.29) is 5.75 Å². The van der Waals surface area contributed by atoms with Gasteiger partial charge in [0.2, 0.25) is 10.0 Å². The molecule has 2 aliphatic heterocycles. The molecule has 208 valence electrons. The maximum atomic E-state index is 12.8. The van der Waals surface area contributed by atoms with Crippen molar-refractivity contribution in [3.63, 3.8) is 0 Å². The second kappa shape index (κ2) is 13.4. The van der Waals surface area contributed by atoms with Crippen molar-refractivity contribution in [3.05, 3.63) is 83.9 Å². The molecule has 0 radical (unpaired) electrons. The first-order valence-electron chi connectivity index (χ1n) is 14.0. The van der Waals surface area contributed by atoms with E-state index in [2.05, 4.69) is 26.7 Å². The van der Waals surface area contributed by atoms with Crippen LogP contribution in [0.1, 0.15) is 30.4 Å². The monoisotopic (exact) mass is 549 g/mol. The van der Waals surface area contributed by atoms with Gasteiger partial charge in [-0.1, -0.05) is 48.5 Å². The third-order valence-corrected chi connectivity index (χ3v) is 8.70. The lowest BCUT2D eigenvalue weighted by molar-refractivity contribution is 0.0322. The molecule has 0 unspecified atom stereocenters. The molecule has 39 heavy (non-hydrogen) atoms. The van der Waals surface area contributed by atoms with Crippen LogP contribution < -0.4 is 14.4 Å². The van der Waals surface area contributed by atoms with E-state index in [1.54, 1.807) is 0 Å². The number of hydrogen-bond acceptors (Lipinski definition) is 6. The Hall–Kier alpha value is -2.91. The van der Waals surface area contributed by atoms with Crippen LogP contribution in [0.4, 0.5) is 5.69 Å². The summed E-state index contributed by atoms with van der Waals surface area (Å²) in [5.74, 6) is 0.803. The molecular formula is C31H39N3O4S. The zero-order valence-corrected chi connectivity index (χ0v) is 23.4. The average Bonchev–Trinajstić information content (AvgIpc) is 2.98. The standard InChI is InChI=1S/C31H39N3O4S/c35-39(36,32-24-27-5-4-6-30(23-27)34-15-2-1-3-16-34)25-26-7-9-28(10-8-26)29-11-13-31(14-12-29)38-22-19-33-17-20-37-21-18-33/h4-14,23,32H,1-3,15-22,24-25H2. The van der Waals surface area contributed by atoms with Crippen LogP contribution in [0.2, 0.25) is 0 Å². The first-order chi connectivity index (χ1) is 19.0. The van der Waals surface area contributed by atoms with Crippen molar-refractivity contribution in [1.82, 2.24) is 9.62 Å². The van der Waals surface area contributed by atoms with E-state index in [1.165, 1.54) is 24.9 Å². The van der Waals surface area contributed by atoms with Crippen LogP contribution in [-0.2, 0) is 27.1 Å². The average molecular weight is 550 g/mol.